The van der Waals surface area contributed by atoms with Crippen molar-refractivity contribution in [2.45, 2.75) is 60.0 Å². The van der Waals surface area contributed by atoms with Gasteiger partial charge < -0.3 is 10.2 Å². The second-order valence-electron chi connectivity index (χ2n) is 5.37. The van der Waals surface area contributed by atoms with Crippen LogP contribution in [0.4, 0.5) is 5.13 Å². The molecular weight excluding hydrogens is 254 g/mol. The molecule has 1 aromatic rings. The van der Waals surface area contributed by atoms with Gasteiger partial charge in [-0.3, -0.25) is 0 Å². The van der Waals surface area contributed by atoms with Gasteiger partial charge in [-0.25, -0.2) is 4.98 Å². The number of nitrogens with zero attached hydrogens (tertiary/aromatic N) is 2. The number of rotatable bonds is 9. The number of hydrogen-bond acceptors (Lipinski definition) is 4. The average molecular weight is 283 g/mol. The number of hydrogen-bond donors (Lipinski definition) is 1. The molecule has 4 heteroatoms. The molecule has 0 fully saturated rings. The van der Waals surface area contributed by atoms with Crippen LogP contribution >= 0.6 is 11.3 Å². The van der Waals surface area contributed by atoms with E-state index in [0.717, 1.165) is 25.6 Å². The maximum absolute atomic E-state index is 4.59. The summed E-state index contributed by atoms with van der Waals surface area (Å²) in [7, 11) is 0. The number of aromatic nitrogens is 1. The van der Waals surface area contributed by atoms with Gasteiger partial charge in [0.15, 0.2) is 5.13 Å². The summed E-state index contributed by atoms with van der Waals surface area (Å²) in [5.41, 5.74) is 0. The lowest BCUT2D eigenvalue weighted by Crippen LogP contribution is -2.28. The van der Waals surface area contributed by atoms with Crippen molar-refractivity contribution in [3.05, 3.63) is 11.1 Å². The van der Waals surface area contributed by atoms with E-state index in [2.05, 4.69) is 49.8 Å². The van der Waals surface area contributed by atoms with Gasteiger partial charge in [0.2, 0.25) is 0 Å². The highest BCUT2D eigenvalue weighted by atomic mass is 32.1. The minimum absolute atomic E-state index is 0.525. The van der Waals surface area contributed by atoms with Crippen LogP contribution in [-0.2, 0) is 6.54 Å². The van der Waals surface area contributed by atoms with Gasteiger partial charge in [-0.2, -0.15) is 0 Å². The van der Waals surface area contributed by atoms with Crippen molar-refractivity contribution in [1.82, 2.24) is 10.3 Å². The quantitative estimate of drug-likeness (QED) is 0.745. The molecule has 0 aromatic carbocycles. The van der Waals surface area contributed by atoms with Crippen LogP contribution in [0.25, 0.3) is 0 Å². The smallest absolute Gasteiger partial charge is 0.185 e. The summed E-state index contributed by atoms with van der Waals surface area (Å²) in [4.78, 5) is 8.33. The molecule has 110 valence electrons. The topological polar surface area (TPSA) is 28.2 Å². The molecule has 0 saturated heterocycles. The van der Waals surface area contributed by atoms with E-state index in [-0.39, 0.29) is 0 Å². The lowest BCUT2D eigenvalue weighted by Gasteiger charge is -2.24. The molecule has 1 heterocycles. The summed E-state index contributed by atoms with van der Waals surface area (Å²) in [6.45, 7) is 14.2. The first-order chi connectivity index (χ1) is 9.10. The van der Waals surface area contributed by atoms with Crippen LogP contribution in [0.2, 0.25) is 0 Å². The maximum atomic E-state index is 4.59. The van der Waals surface area contributed by atoms with Crippen molar-refractivity contribution in [2.75, 3.05) is 18.0 Å². The fourth-order valence-electron chi connectivity index (χ4n) is 2.03. The third-order valence-corrected chi connectivity index (χ3v) is 4.57. The molecule has 0 aliphatic carbocycles. The molecule has 1 N–H and O–H groups in total. The summed E-state index contributed by atoms with van der Waals surface area (Å²) in [6.07, 6.45) is 4.52. The molecule has 0 aliphatic rings. The van der Waals surface area contributed by atoms with Gasteiger partial charge in [-0.15, -0.1) is 11.3 Å². The van der Waals surface area contributed by atoms with Gasteiger partial charge in [-0.05, 0) is 12.8 Å². The van der Waals surface area contributed by atoms with Crippen molar-refractivity contribution in [1.29, 1.82) is 0 Å². The summed E-state index contributed by atoms with van der Waals surface area (Å²) in [6, 6.07) is 0.525. The van der Waals surface area contributed by atoms with E-state index in [1.54, 1.807) is 0 Å². The first-order valence-corrected chi connectivity index (χ1v) is 8.35. The normalized spacial score (nSPS) is 11.5. The fraction of sp³-hybridized carbons (Fsp3) is 0.800. The third kappa shape index (κ3) is 5.49. The van der Waals surface area contributed by atoms with Crippen molar-refractivity contribution in [3.8, 4) is 0 Å². The Balaban J connectivity index is 2.60. The zero-order valence-corrected chi connectivity index (χ0v) is 13.9. The predicted octanol–water partition coefficient (Wildman–Crippen LogP) is 3.90. The molecule has 0 amide bonds. The molecule has 0 unspecified atom stereocenters. The van der Waals surface area contributed by atoms with Crippen molar-refractivity contribution in [2.24, 2.45) is 5.92 Å². The van der Waals surface area contributed by atoms with Crippen LogP contribution in [0.3, 0.4) is 0 Å². The molecule has 1 rings (SSSR count). The Labute approximate surface area is 122 Å². The highest BCUT2D eigenvalue weighted by molar-refractivity contribution is 7.15. The molecule has 0 spiro atoms. The molecular formula is C15H29N3S. The minimum atomic E-state index is 0.525. The monoisotopic (exact) mass is 283 g/mol. The Morgan fingerprint density at radius 3 is 2.47 bits per heavy atom. The first-order valence-electron chi connectivity index (χ1n) is 7.53. The Bertz CT molecular complexity index is 345. The summed E-state index contributed by atoms with van der Waals surface area (Å²) in [5.74, 6) is 0.779. The third-order valence-electron chi connectivity index (χ3n) is 3.51. The van der Waals surface area contributed by atoms with Gasteiger partial charge in [0, 0.05) is 36.8 Å². The van der Waals surface area contributed by atoms with Crippen LogP contribution in [0, 0.1) is 5.92 Å². The number of nitrogens with one attached hydrogen (secondary N) is 1. The molecule has 19 heavy (non-hydrogen) atoms. The minimum Gasteiger partial charge on any atom is -0.348 e. The molecule has 0 radical (unpaired) electrons. The Morgan fingerprint density at radius 1 is 1.26 bits per heavy atom. The number of thiazole rings is 1. The van der Waals surface area contributed by atoms with E-state index >= 15 is 0 Å². The van der Waals surface area contributed by atoms with Crippen LogP contribution in [0.1, 0.15) is 52.3 Å². The predicted molar refractivity (Wildman–Crippen MR) is 86.0 cm³/mol. The van der Waals surface area contributed by atoms with Gasteiger partial charge in [0.25, 0.3) is 0 Å². The van der Waals surface area contributed by atoms with Gasteiger partial charge in [0.1, 0.15) is 0 Å². The van der Waals surface area contributed by atoms with Crippen molar-refractivity contribution in [3.63, 3.8) is 0 Å². The van der Waals surface area contributed by atoms with E-state index in [1.807, 2.05) is 17.5 Å². The molecule has 0 saturated carbocycles. The van der Waals surface area contributed by atoms with Crippen LogP contribution in [0.15, 0.2) is 6.20 Å². The highest BCUT2D eigenvalue weighted by Gasteiger charge is 2.13. The van der Waals surface area contributed by atoms with E-state index in [9.17, 15) is 0 Å². The SMILES string of the molecule is CCC(CC)CN(CC)c1ncc(CNC(C)C)s1. The highest BCUT2D eigenvalue weighted by Crippen LogP contribution is 2.24. The first kappa shape index (κ1) is 16.4. The van der Waals surface area contributed by atoms with Crippen LogP contribution in [0.5, 0.6) is 0 Å². The van der Waals surface area contributed by atoms with Crippen LogP contribution < -0.4 is 10.2 Å². The summed E-state index contributed by atoms with van der Waals surface area (Å²) in [5, 5.41) is 4.62. The van der Waals surface area contributed by atoms with E-state index in [1.165, 1.54) is 22.9 Å². The van der Waals surface area contributed by atoms with E-state index in [0.29, 0.717) is 6.04 Å². The standard InChI is InChI=1S/C15H29N3S/c1-6-13(7-2)11-18(8-3)15-17-10-14(19-15)9-16-12(4)5/h10,12-13,16H,6-9,11H2,1-5H3. The summed E-state index contributed by atoms with van der Waals surface area (Å²) < 4.78 is 0. The largest absolute Gasteiger partial charge is 0.348 e. The second-order valence-corrected chi connectivity index (χ2v) is 6.46. The van der Waals surface area contributed by atoms with E-state index < -0.39 is 0 Å². The van der Waals surface area contributed by atoms with Crippen molar-refractivity contribution < 1.29 is 0 Å². The fourth-order valence-corrected chi connectivity index (χ4v) is 2.96. The van der Waals surface area contributed by atoms with E-state index in [4.69, 9.17) is 0 Å². The Morgan fingerprint density at radius 2 is 1.95 bits per heavy atom. The lowest BCUT2D eigenvalue weighted by molar-refractivity contribution is 0.486. The van der Waals surface area contributed by atoms with Crippen LogP contribution in [-0.4, -0.2) is 24.1 Å². The van der Waals surface area contributed by atoms with Gasteiger partial charge in [0.05, 0.1) is 0 Å². The Hall–Kier alpha value is -0.610. The zero-order valence-electron chi connectivity index (χ0n) is 13.1. The molecule has 1 aromatic heterocycles. The molecule has 0 bridgehead atoms. The molecule has 0 aliphatic heterocycles. The zero-order chi connectivity index (χ0) is 14.3. The maximum Gasteiger partial charge on any atom is 0.185 e. The average Bonchev–Trinajstić information content (AvgIpc) is 2.86. The van der Waals surface area contributed by atoms with Crippen molar-refractivity contribution >= 4 is 16.5 Å². The lowest BCUT2D eigenvalue weighted by atomic mass is 10.0. The number of anilines is 1. The Kier molecular flexibility index (Phi) is 7.39. The van der Waals surface area contributed by atoms with Gasteiger partial charge in [-0.1, -0.05) is 40.5 Å². The van der Waals surface area contributed by atoms with Gasteiger partial charge >= 0.3 is 0 Å². The summed E-state index contributed by atoms with van der Waals surface area (Å²) >= 11 is 1.82. The second kappa shape index (κ2) is 8.54. The molecule has 0 atom stereocenters. The molecule has 3 nitrogen and oxygen atoms in total.